The molecule has 0 amide bonds. The molecule has 0 aromatic rings. The van der Waals surface area contributed by atoms with E-state index >= 15 is 0 Å². The van der Waals surface area contributed by atoms with Gasteiger partial charge in [-0.1, -0.05) is 6.92 Å². The molecule has 1 spiro atoms. The number of rotatable bonds is 2. The van der Waals surface area contributed by atoms with Crippen molar-refractivity contribution in [2.24, 2.45) is 16.6 Å². The van der Waals surface area contributed by atoms with Gasteiger partial charge in [-0.15, -0.1) is 0 Å². The van der Waals surface area contributed by atoms with E-state index in [2.05, 4.69) is 16.8 Å². The molecular weight excluding hydrogens is 254 g/mol. The van der Waals surface area contributed by atoms with E-state index < -0.39 is 0 Å². The Balaban J connectivity index is 1.47. The van der Waals surface area contributed by atoms with Crippen molar-refractivity contribution in [3.63, 3.8) is 0 Å². The van der Waals surface area contributed by atoms with Gasteiger partial charge in [0.2, 0.25) is 0 Å². The van der Waals surface area contributed by atoms with Crippen molar-refractivity contribution < 1.29 is 9.47 Å². The van der Waals surface area contributed by atoms with Crippen molar-refractivity contribution in [2.75, 3.05) is 26.2 Å². The zero-order valence-electron chi connectivity index (χ0n) is 12.5. The molecule has 2 N–H and O–H groups in total. The summed E-state index contributed by atoms with van der Waals surface area (Å²) >= 11 is 0. The van der Waals surface area contributed by atoms with Crippen molar-refractivity contribution in [3.8, 4) is 0 Å². The summed E-state index contributed by atoms with van der Waals surface area (Å²) in [6.07, 6.45) is 6.99. The SMILES string of the molecule is CC1CCN(C(N)=NCC2COC3(CCCC3)O2)CC1. The van der Waals surface area contributed by atoms with Crippen molar-refractivity contribution >= 4 is 5.96 Å². The lowest BCUT2D eigenvalue weighted by molar-refractivity contribution is -0.160. The Labute approximate surface area is 121 Å². The third-order valence-corrected chi connectivity index (χ3v) is 4.84. The van der Waals surface area contributed by atoms with Crippen molar-refractivity contribution in [3.05, 3.63) is 0 Å². The van der Waals surface area contributed by atoms with Crippen LogP contribution in [0.4, 0.5) is 0 Å². The number of hydrogen-bond donors (Lipinski definition) is 1. The van der Waals surface area contributed by atoms with Crippen LogP contribution in [0.25, 0.3) is 0 Å². The molecule has 1 atom stereocenters. The molecule has 2 saturated heterocycles. The van der Waals surface area contributed by atoms with Gasteiger partial charge in [0, 0.05) is 25.9 Å². The van der Waals surface area contributed by atoms with Crippen LogP contribution in [0.3, 0.4) is 0 Å². The first-order valence-corrected chi connectivity index (χ1v) is 8.03. The Kier molecular flexibility index (Phi) is 4.17. The lowest BCUT2D eigenvalue weighted by Crippen LogP contribution is -2.43. The van der Waals surface area contributed by atoms with E-state index in [1.807, 2.05) is 0 Å². The number of nitrogens with zero attached hydrogens (tertiary/aromatic N) is 2. The van der Waals surface area contributed by atoms with Crippen LogP contribution in [0.15, 0.2) is 4.99 Å². The highest BCUT2D eigenvalue weighted by atomic mass is 16.7. The van der Waals surface area contributed by atoms with Crippen LogP contribution in [-0.2, 0) is 9.47 Å². The minimum absolute atomic E-state index is 0.0790. The Morgan fingerprint density at radius 1 is 1.30 bits per heavy atom. The largest absolute Gasteiger partial charge is 0.370 e. The average molecular weight is 281 g/mol. The lowest BCUT2D eigenvalue weighted by atomic mass is 10.00. The summed E-state index contributed by atoms with van der Waals surface area (Å²) in [6, 6.07) is 0. The van der Waals surface area contributed by atoms with Gasteiger partial charge in [0.05, 0.1) is 13.2 Å². The number of likely N-dealkylation sites (tertiary alicyclic amines) is 1. The summed E-state index contributed by atoms with van der Waals surface area (Å²) in [5.41, 5.74) is 6.10. The summed E-state index contributed by atoms with van der Waals surface area (Å²) in [5.74, 6) is 1.20. The maximum Gasteiger partial charge on any atom is 0.191 e. The van der Waals surface area contributed by atoms with Crippen LogP contribution in [0.5, 0.6) is 0 Å². The molecule has 3 aliphatic rings. The molecule has 0 aromatic carbocycles. The summed E-state index contributed by atoms with van der Waals surface area (Å²) in [6.45, 7) is 5.65. The van der Waals surface area contributed by atoms with Gasteiger partial charge in [-0.25, -0.2) is 0 Å². The predicted molar refractivity (Wildman–Crippen MR) is 78.5 cm³/mol. The summed E-state index contributed by atoms with van der Waals surface area (Å²) < 4.78 is 11.9. The molecule has 3 rings (SSSR count). The molecule has 114 valence electrons. The maximum atomic E-state index is 6.10. The first kappa shape index (κ1) is 14.1. The number of hydrogen-bond acceptors (Lipinski definition) is 3. The van der Waals surface area contributed by atoms with Crippen LogP contribution in [-0.4, -0.2) is 49.0 Å². The van der Waals surface area contributed by atoms with Gasteiger partial charge in [0.25, 0.3) is 0 Å². The van der Waals surface area contributed by atoms with Gasteiger partial charge in [-0.05, 0) is 31.6 Å². The fraction of sp³-hybridized carbons (Fsp3) is 0.933. The number of nitrogens with two attached hydrogens (primary N) is 1. The first-order chi connectivity index (χ1) is 9.67. The van der Waals surface area contributed by atoms with Gasteiger partial charge >= 0.3 is 0 Å². The van der Waals surface area contributed by atoms with E-state index in [-0.39, 0.29) is 11.9 Å². The van der Waals surface area contributed by atoms with Crippen LogP contribution in [0, 0.1) is 5.92 Å². The molecule has 5 nitrogen and oxygen atoms in total. The second-order valence-electron chi connectivity index (χ2n) is 6.54. The zero-order valence-corrected chi connectivity index (χ0v) is 12.5. The zero-order chi connectivity index (χ0) is 14.0. The lowest BCUT2D eigenvalue weighted by Gasteiger charge is -2.31. The standard InChI is InChI=1S/C15H27N3O2/c1-12-4-8-18(9-5-12)14(16)17-10-13-11-19-15(20-13)6-2-3-7-15/h12-13H,2-11H2,1H3,(H2,16,17). The van der Waals surface area contributed by atoms with Gasteiger partial charge in [-0.3, -0.25) is 4.99 Å². The smallest absolute Gasteiger partial charge is 0.191 e. The monoisotopic (exact) mass is 281 g/mol. The van der Waals surface area contributed by atoms with Gasteiger partial charge in [-0.2, -0.15) is 0 Å². The van der Waals surface area contributed by atoms with Gasteiger partial charge in [0.1, 0.15) is 6.10 Å². The number of guanidine groups is 1. The molecule has 0 radical (unpaired) electrons. The number of piperidine rings is 1. The molecule has 0 aromatic heterocycles. The van der Waals surface area contributed by atoms with Crippen LogP contribution < -0.4 is 5.73 Å². The number of ether oxygens (including phenoxy) is 2. The summed E-state index contributed by atoms with van der Waals surface area (Å²) in [5, 5.41) is 0. The highest BCUT2D eigenvalue weighted by Crippen LogP contribution is 2.39. The van der Waals surface area contributed by atoms with E-state index in [0.29, 0.717) is 19.1 Å². The number of aliphatic imine (C=N–C) groups is 1. The van der Waals surface area contributed by atoms with E-state index in [1.54, 1.807) is 0 Å². The molecule has 3 fully saturated rings. The van der Waals surface area contributed by atoms with Crippen LogP contribution >= 0.6 is 0 Å². The third kappa shape index (κ3) is 3.09. The Hall–Kier alpha value is -0.810. The highest BCUT2D eigenvalue weighted by Gasteiger charge is 2.43. The third-order valence-electron chi connectivity index (χ3n) is 4.84. The van der Waals surface area contributed by atoms with E-state index in [9.17, 15) is 0 Å². The maximum absolute atomic E-state index is 6.10. The molecule has 20 heavy (non-hydrogen) atoms. The first-order valence-electron chi connectivity index (χ1n) is 8.03. The van der Waals surface area contributed by atoms with Gasteiger partial charge in [0.15, 0.2) is 11.7 Å². The quantitative estimate of drug-likeness (QED) is 0.618. The normalized spacial score (nSPS) is 31.4. The van der Waals surface area contributed by atoms with E-state index in [4.69, 9.17) is 15.2 Å². The topological polar surface area (TPSA) is 60.1 Å². The van der Waals surface area contributed by atoms with Crippen molar-refractivity contribution in [2.45, 2.75) is 57.3 Å². The fourth-order valence-electron chi connectivity index (χ4n) is 3.42. The molecule has 1 aliphatic carbocycles. The fourth-order valence-corrected chi connectivity index (χ4v) is 3.42. The van der Waals surface area contributed by atoms with Crippen LogP contribution in [0.1, 0.15) is 45.4 Å². The molecule has 1 saturated carbocycles. The summed E-state index contributed by atoms with van der Waals surface area (Å²) in [7, 11) is 0. The molecule has 2 aliphatic heterocycles. The minimum Gasteiger partial charge on any atom is -0.370 e. The minimum atomic E-state index is -0.282. The second kappa shape index (κ2) is 5.90. The Morgan fingerprint density at radius 2 is 2.00 bits per heavy atom. The van der Waals surface area contributed by atoms with Crippen molar-refractivity contribution in [1.29, 1.82) is 0 Å². The van der Waals surface area contributed by atoms with E-state index in [0.717, 1.165) is 31.8 Å². The average Bonchev–Trinajstić information content (AvgIpc) is 3.08. The second-order valence-corrected chi connectivity index (χ2v) is 6.54. The summed E-state index contributed by atoms with van der Waals surface area (Å²) in [4.78, 5) is 6.72. The Morgan fingerprint density at radius 3 is 2.70 bits per heavy atom. The molecule has 0 bridgehead atoms. The van der Waals surface area contributed by atoms with E-state index in [1.165, 1.54) is 25.7 Å². The van der Waals surface area contributed by atoms with Crippen molar-refractivity contribution in [1.82, 2.24) is 4.90 Å². The Bertz CT molecular complexity index is 358. The molecule has 5 heteroatoms. The molecule has 1 unspecified atom stereocenters. The predicted octanol–water partition coefficient (Wildman–Crippen LogP) is 1.72. The van der Waals surface area contributed by atoms with Gasteiger partial charge < -0.3 is 20.1 Å². The molecular formula is C15H27N3O2. The molecule has 2 heterocycles. The highest BCUT2D eigenvalue weighted by molar-refractivity contribution is 5.78. The van der Waals surface area contributed by atoms with Crippen LogP contribution in [0.2, 0.25) is 0 Å².